The van der Waals surface area contributed by atoms with Gasteiger partial charge in [0, 0.05) is 19.0 Å². The lowest BCUT2D eigenvalue weighted by atomic mass is 10.7. The van der Waals surface area contributed by atoms with Crippen LogP contribution in [0.15, 0.2) is 0 Å². The molecule has 2 nitrogen and oxygen atoms in total. The van der Waals surface area contributed by atoms with Crippen LogP contribution in [0.4, 0.5) is 0 Å². The van der Waals surface area contributed by atoms with Gasteiger partial charge in [0.2, 0.25) is 0 Å². The molecule has 0 heterocycles. The molecule has 56 valence electrons. The summed E-state index contributed by atoms with van der Waals surface area (Å²) in [4.78, 5) is 3.38. The molecule has 0 aromatic rings. The minimum Gasteiger partial charge on any atom is -0.341 e. The van der Waals surface area contributed by atoms with Gasteiger partial charge in [-0.05, 0) is 13.1 Å². The molecule has 0 saturated carbocycles. The number of hydrogen-bond acceptors (Lipinski definition) is 2. The molecule has 0 unspecified atom stereocenters. The van der Waals surface area contributed by atoms with Crippen LogP contribution < -0.4 is 10.3 Å². The first-order chi connectivity index (χ1) is 4.41. The van der Waals surface area contributed by atoms with Crippen molar-refractivity contribution in [2.24, 2.45) is 0 Å². The fourth-order valence-corrected chi connectivity index (χ4v) is 1.74. The fourth-order valence-electron chi connectivity index (χ4n) is 0.530. The number of alkyl halides is 1. The maximum atomic E-state index is 5.49. The predicted octanol–water partition coefficient (Wildman–Crippen LogP) is -0.464. The Kier molecular flexibility index (Phi) is 8.83. The summed E-state index contributed by atoms with van der Waals surface area (Å²) >= 11 is 5.49. The summed E-state index contributed by atoms with van der Waals surface area (Å²) in [6.07, 6.45) is 0. The third-order valence-corrected chi connectivity index (χ3v) is 3.17. The molecule has 0 atom stereocenters. The second-order valence-corrected chi connectivity index (χ2v) is 3.98. The molecule has 0 spiro atoms. The summed E-state index contributed by atoms with van der Waals surface area (Å²) in [5, 5.41) is 3.07. The third-order valence-electron chi connectivity index (χ3n) is 1.04. The van der Waals surface area contributed by atoms with Gasteiger partial charge in [-0.1, -0.05) is 0 Å². The zero-order valence-corrected chi connectivity index (χ0v) is 8.08. The standard InChI is InChI=1S/C5H15ClN2Si/c1-7-3-4-8-9-5-2-6/h7-8H,2-5,9H2,1H3. The third kappa shape index (κ3) is 8.43. The summed E-state index contributed by atoms with van der Waals surface area (Å²) in [6, 6.07) is 1.20. The van der Waals surface area contributed by atoms with E-state index in [4.69, 9.17) is 11.6 Å². The zero-order valence-electron chi connectivity index (χ0n) is 5.91. The van der Waals surface area contributed by atoms with E-state index >= 15 is 0 Å². The molecular formula is C5H15ClN2Si. The van der Waals surface area contributed by atoms with Crippen molar-refractivity contribution in [3.8, 4) is 0 Å². The van der Waals surface area contributed by atoms with Gasteiger partial charge in [-0.15, -0.1) is 11.6 Å². The van der Waals surface area contributed by atoms with E-state index in [-0.39, 0.29) is 9.68 Å². The van der Waals surface area contributed by atoms with Gasteiger partial charge < -0.3 is 10.3 Å². The van der Waals surface area contributed by atoms with Crippen LogP contribution in [0, 0.1) is 0 Å². The number of likely N-dealkylation sites (N-methyl/N-ethyl adjacent to an activating group) is 1. The quantitative estimate of drug-likeness (QED) is 0.317. The molecule has 0 aromatic heterocycles. The zero-order chi connectivity index (χ0) is 6.95. The van der Waals surface area contributed by atoms with Crippen LogP contribution >= 0.6 is 11.6 Å². The fraction of sp³-hybridized carbons (Fsp3) is 1.00. The molecule has 0 saturated heterocycles. The summed E-state index contributed by atoms with van der Waals surface area (Å²) in [7, 11) is 1.93. The van der Waals surface area contributed by atoms with E-state index in [0.717, 1.165) is 19.0 Å². The number of halogens is 1. The Morgan fingerprint density at radius 1 is 1.44 bits per heavy atom. The monoisotopic (exact) mass is 166 g/mol. The van der Waals surface area contributed by atoms with Crippen molar-refractivity contribution in [1.29, 1.82) is 0 Å². The molecule has 0 aliphatic heterocycles. The molecule has 0 radical (unpaired) electrons. The highest BCUT2D eigenvalue weighted by Gasteiger charge is 1.84. The minimum absolute atomic E-state index is 0.0310. The van der Waals surface area contributed by atoms with Crippen LogP contribution in [0.5, 0.6) is 0 Å². The highest BCUT2D eigenvalue weighted by molar-refractivity contribution is 6.35. The van der Waals surface area contributed by atoms with E-state index < -0.39 is 0 Å². The summed E-state index contributed by atoms with van der Waals surface area (Å²) < 4.78 is 0. The van der Waals surface area contributed by atoms with E-state index in [2.05, 4.69) is 10.3 Å². The molecule has 9 heavy (non-hydrogen) atoms. The van der Waals surface area contributed by atoms with Crippen molar-refractivity contribution in [1.82, 2.24) is 10.3 Å². The Labute approximate surface area is 64.3 Å². The van der Waals surface area contributed by atoms with Gasteiger partial charge in [0.25, 0.3) is 0 Å². The Bertz CT molecular complexity index is 48.2. The molecule has 0 fully saturated rings. The lowest BCUT2D eigenvalue weighted by Crippen LogP contribution is -2.27. The van der Waals surface area contributed by atoms with Gasteiger partial charge >= 0.3 is 0 Å². The molecule has 4 heteroatoms. The van der Waals surface area contributed by atoms with Gasteiger partial charge in [0.15, 0.2) is 0 Å². The molecule has 0 rings (SSSR count). The Morgan fingerprint density at radius 2 is 2.22 bits per heavy atom. The molecule has 0 aliphatic carbocycles. The summed E-state index contributed by atoms with van der Waals surface area (Å²) in [5.74, 6) is 0.818. The topological polar surface area (TPSA) is 24.1 Å². The van der Waals surface area contributed by atoms with Crippen LogP contribution in [-0.2, 0) is 0 Å². The Hall–Kier alpha value is 0.427. The molecule has 0 amide bonds. The van der Waals surface area contributed by atoms with Gasteiger partial charge in [-0.3, -0.25) is 0 Å². The summed E-state index contributed by atoms with van der Waals surface area (Å²) in [6.45, 7) is 2.16. The van der Waals surface area contributed by atoms with E-state index in [1.54, 1.807) is 0 Å². The smallest absolute Gasteiger partial charge is 0.0928 e. The largest absolute Gasteiger partial charge is 0.341 e. The van der Waals surface area contributed by atoms with E-state index in [9.17, 15) is 0 Å². The van der Waals surface area contributed by atoms with E-state index in [1.807, 2.05) is 7.05 Å². The van der Waals surface area contributed by atoms with Gasteiger partial charge in [0.05, 0.1) is 9.68 Å². The van der Waals surface area contributed by atoms with Crippen molar-refractivity contribution in [3.05, 3.63) is 0 Å². The average molecular weight is 167 g/mol. The van der Waals surface area contributed by atoms with Crippen LogP contribution in [-0.4, -0.2) is 35.7 Å². The van der Waals surface area contributed by atoms with Gasteiger partial charge in [-0.25, -0.2) is 0 Å². The molecular weight excluding hydrogens is 152 g/mol. The molecule has 0 aliphatic rings. The maximum absolute atomic E-state index is 5.49. The van der Waals surface area contributed by atoms with Crippen molar-refractivity contribution < 1.29 is 0 Å². The first-order valence-electron chi connectivity index (χ1n) is 3.33. The van der Waals surface area contributed by atoms with Crippen LogP contribution in [0.25, 0.3) is 0 Å². The average Bonchev–Trinajstić information content (AvgIpc) is 1.89. The Morgan fingerprint density at radius 3 is 2.78 bits per heavy atom. The normalized spacial score (nSPS) is 11.3. The highest BCUT2D eigenvalue weighted by atomic mass is 35.5. The first kappa shape index (κ1) is 9.43. The molecule has 0 bridgehead atoms. The van der Waals surface area contributed by atoms with Gasteiger partial charge in [-0.2, -0.15) is 0 Å². The summed E-state index contributed by atoms with van der Waals surface area (Å²) in [5.41, 5.74) is 0. The maximum Gasteiger partial charge on any atom is 0.0928 e. The molecule has 2 N–H and O–H groups in total. The van der Waals surface area contributed by atoms with Crippen molar-refractivity contribution in [2.75, 3.05) is 26.0 Å². The van der Waals surface area contributed by atoms with Crippen LogP contribution in [0.3, 0.4) is 0 Å². The lowest BCUT2D eigenvalue weighted by molar-refractivity contribution is 0.766. The number of hydrogen-bond donors (Lipinski definition) is 2. The highest BCUT2D eigenvalue weighted by Crippen LogP contribution is 1.78. The number of rotatable bonds is 6. The predicted molar refractivity (Wildman–Crippen MR) is 46.0 cm³/mol. The van der Waals surface area contributed by atoms with Crippen molar-refractivity contribution in [2.45, 2.75) is 6.04 Å². The van der Waals surface area contributed by atoms with Crippen molar-refractivity contribution >= 4 is 21.3 Å². The van der Waals surface area contributed by atoms with Crippen LogP contribution in [0.2, 0.25) is 6.04 Å². The second kappa shape index (κ2) is 8.43. The number of nitrogens with one attached hydrogen (secondary N) is 2. The first-order valence-corrected chi connectivity index (χ1v) is 5.57. The van der Waals surface area contributed by atoms with Crippen LogP contribution in [0.1, 0.15) is 0 Å². The van der Waals surface area contributed by atoms with E-state index in [1.165, 1.54) is 6.04 Å². The second-order valence-electron chi connectivity index (χ2n) is 1.90. The van der Waals surface area contributed by atoms with Crippen molar-refractivity contribution in [3.63, 3.8) is 0 Å². The lowest BCUT2D eigenvalue weighted by Gasteiger charge is -1.99. The minimum atomic E-state index is -0.0310. The molecule has 0 aromatic carbocycles. The van der Waals surface area contributed by atoms with E-state index in [0.29, 0.717) is 0 Å². The SMILES string of the molecule is CNCCN[SiH2]CCCl. The Balaban J connectivity index is 2.60. The van der Waals surface area contributed by atoms with Gasteiger partial charge in [0.1, 0.15) is 0 Å².